The van der Waals surface area contributed by atoms with Gasteiger partial charge in [0.25, 0.3) is 0 Å². The number of nitrogens with one attached hydrogen (secondary N) is 1. The van der Waals surface area contributed by atoms with Crippen LogP contribution in [0.25, 0.3) is 0 Å². The number of carbonyl (C=O) groups excluding carboxylic acids is 2. The Bertz CT molecular complexity index is 851. The standard InChI is InChI=1S/C28H47BN2O6/c1-19-18-23(30-25(32)15-13-21(3)34-26(33)31-16-10-9-11-17-31)22(4)35-24(19)14-12-20(2)29-36-27(5,6)28(7,8)37-29/h12-13,15,19,21-24H,9-11,14,16-18H2,1-8H3,(H,30,32)/b15-13?,20-12+/t19-,21?,22+,23+,24-/m0/s1. The van der Waals surface area contributed by atoms with Gasteiger partial charge in [0.15, 0.2) is 0 Å². The maximum Gasteiger partial charge on any atom is 0.489 e. The summed E-state index contributed by atoms with van der Waals surface area (Å²) in [6, 6.07) is -0.0808. The van der Waals surface area contributed by atoms with Crippen molar-refractivity contribution >= 4 is 19.1 Å². The average Bonchev–Trinajstić information content (AvgIpc) is 3.06. The Kier molecular flexibility index (Phi) is 9.92. The predicted molar refractivity (Wildman–Crippen MR) is 145 cm³/mol. The van der Waals surface area contributed by atoms with Crippen molar-refractivity contribution in [3.63, 3.8) is 0 Å². The van der Waals surface area contributed by atoms with Crippen LogP contribution in [0.3, 0.4) is 0 Å². The van der Waals surface area contributed by atoms with E-state index in [0.717, 1.165) is 50.7 Å². The van der Waals surface area contributed by atoms with Crippen molar-refractivity contribution in [2.75, 3.05) is 13.1 Å². The van der Waals surface area contributed by atoms with Gasteiger partial charge in [-0.1, -0.05) is 13.0 Å². The maximum atomic E-state index is 12.6. The third kappa shape index (κ3) is 7.84. The fourth-order valence-electron chi connectivity index (χ4n) is 4.94. The lowest BCUT2D eigenvalue weighted by atomic mass is 9.78. The van der Waals surface area contributed by atoms with Gasteiger partial charge in [-0.25, -0.2) is 4.79 Å². The molecule has 3 aliphatic rings. The molecule has 0 aromatic rings. The lowest BCUT2D eigenvalue weighted by Gasteiger charge is -2.39. The molecule has 37 heavy (non-hydrogen) atoms. The van der Waals surface area contributed by atoms with Crippen LogP contribution < -0.4 is 5.32 Å². The molecule has 0 saturated carbocycles. The molecule has 0 aliphatic carbocycles. The number of carbonyl (C=O) groups is 2. The number of hydrogen-bond donors (Lipinski definition) is 1. The first-order valence-electron chi connectivity index (χ1n) is 13.9. The minimum atomic E-state index is -0.470. The fraction of sp³-hybridized carbons (Fsp3) is 0.786. The van der Waals surface area contributed by atoms with Crippen molar-refractivity contribution in [2.24, 2.45) is 5.92 Å². The minimum absolute atomic E-state index is 0.0605. The van der Waals surface area contributed by atoms with Crippen LogP contribution in [-0.4, -0.2) is 72.7 Å². The molecule has 0 radical (unpaired) electrons. The molecule has 208 valence electrons. The van der Waals surface area contributed by atoms with Gasteiger partial charge in [-0.05, 0) is 98.0 Å². The Morgan fingerprint density at radius 3 is 2.35 bits per heavy atom. The average molecular weight is 519 g/mol. The number of piperidine rings is 1. The first-order valence-corrected chi connectivity index (χ1v) is 13.9. The zero-order valence-corrected chi connectivity index (χ0v) is 24.0. The van der Waals surface area contributed by atoms with E-state index in [9.17, 15) is 9.59 Å². The van der Waals surface area contributed by atoms with E-state index in [1.807, 2.05) is 13.8 Å². The summed E-state index contributed by atoms with van der Waals surface area (Å²) in [5.74, 6) is 0.0701. The second-order valence-corrected chi connectivity index (χ2v) is 12.0. The van der Waals surface area contributed by atoms with E-state index >= 15 is 0 Å². The Morgan fingerprint density at radius 2 is 1.73 bits per heavy atom. The van der Waals surface area contributed by atoms with Crippen LogP contribution in [0.1, 0.15) is 87.5 Å². The molecule has 0 aromatic heterocycles. The Hall–Kier alpha value is -1.84. The monoisotopic (exact) mass is 518 g/mol. The van der Waals surface area contributed by atoms with Crippen LogP contribution in [0, 0.1) is 5.92 Å². The zero-order valence-electron chi connectivity index (χ0n) is 24.0. The van der Waals surface area contributed by atoms with Crippen molar-refractivity contribution in [3.8, 4) is 0 Å². The van der Waals surface area contributed by atoms with Crippen LogP contribution in [0.2, 0.25) is 0 Å². The molecule has 3 heterocycles. The van der Waals surface area contributed by atoms with Crippen LogP contribution in [0.5, 0.6) is 0 Å². The van der Waals surface area contributed by atoms with Crippen LogP contribution in [-0.2, 0) is 23.6 Å². The Labute approximate surface area is 223 Å². The molecule has 0 bridgehead atoms. The Balaban J connectivity index is 1.44. The molecule has 3 fully saturated rings. The molecule has 3 aliphatic heterocycles. The van der Waals surface area contributed by atoms with Crippen molar-refractivity contribution < 1.29 is 28.4 Å². The van der Waals surface area contributed by atoms with Crippen molar-refractivity contribution in [2.45, 2.75) is 123 Å². The summed E-state index contributed by atoms with van der Waals surface area (Å²) in [5, 5.41) is 3.06. The normalized spacial score (nSPS) is 30.9. The van der Waals surface area contributed by atoms with E-state index in [2.05, 4.69) is 46.0 Å². The van der Waals surface area contributed by atoms with Gasteiger partial charge in [-0.15, -0.1) is 0 Å². The summed E-state index contributed by atoms with van der Waals surface area (Å²) in [6.45, 7) is 17.7. The second kappa shape index (κ2) is 12.3. The van der Waals surface area contributed by atoms with Crippen molar-refractivity contribution in [1.29, 1.82) is 0 Å². The van der Waals surface area contributed by atoms with Gasteiger partial charge in [0.2, 0.25) is 5.91 Å². The second-order valence-electron chi connectivity index (χ2n) is 12.0. The molecule has 2 amide bonds. The molecule has 5 atom stereocenters. The third-order valence-corrected chi connectivity index (χ3v) is 8.26. The first-order chi connectivity index (χ1) is 17.3. The van der Waals surface area contributed by atoms with E-state index in [1.165, 1.54) is 6.08 Å². The molecule has 8 nitrogen and oxygen atoms in total. The highest BCUT2D eigenvalue weighted by Gasteiger charge is 2.51. The van der Waals surface area contributed by atoms with E-state index in [1.54, 1.807) is 17.9 Å². The first kappa shape index (κ1) is 29.7. The number of hydrogen-bond acceptors (Lipinski definition) is 6. The largest absolute Gasteiger partial charge is 0.489 e. The summed E-state index contributed by atoms with van der Waals surface area (Å²) in [4.78, 5) is 26.5. The molecule has 9 heteroatoms. The molecular weight excluding hydrogens is 471 g/mol. The Morgan fingerprint density at radius 1 is 1.11 bits per heavy atom. The zero-order chi connectivity index (χ0) is 27.4. The highest BCUT2D eigenvalue weighted by Crippen LogP contribution is 2.38. The summed E-state index contributed by atoms with van der Waals surface area (Å²) < 4.78 is 24.1. The summed E-state index contributed by atoms with van der Waals surface area (Å²) >= 11 is 0. The van der Waals surface area contributed by atoms with Gasteiger partial charge in [0.05, 0.1) is 29.5 Å². The van der Waals surface area contributed by atoms with Gasteiger partial charge in [0, 0.05) is 19.2 Å². The number of allylic oxidation sites excluding steroid dienone is 1. The molecule has 0 spiro atoms. The number of ether oxygens (including phenoxy) is 2. The highest BCUT2D eigenvalue weighted by atomic mass is 16.7. The highest BCUT2D eigenvalue weighted by molar-refractivity contribution is 6.54. The SMILES string of the molecule is C/C(=C\C[C@@H]1O[C@H](C)[C@H](NC(=O)C=CC(C)OC(=O)N2CCCCC2)C[C@@H]1C)B1OC(C)(C)C(C)(C)O1. The van der Waals surface area contributed by atoms with E-state index in [-0.39, 0.29) is 54.5 Å². The lowest BCUT2D eigenvalue weighted by Crippen LogP contribution is -2.50. The maximum absolute atomic E-state index is 12.6. The molecule has 3 rings (SSSR count). The molecular formula is C28H47BN2O6. The number of nitrogens with zero attached hydrogens (tertiary/aromatic N) is 1. The van der Waals surface area contributed by atoms with Crippen molar-refractivity contribution in [1.82, 2.24) is 10.2 Å². The molecule has 0 aromatic carbocycles. The lowest BCUT2D eigenvalue weighted by molar-refractivity contribution is -0.123. The van der Waals surface area contributed by atoms with E-state index in [4.69, 9.17) is 18.8 Å². The van der Waals surface area contributed by atoms with Crippen LogP contribution >= 0.6 is 0 Å². The smallest absolute Gasteiger partial charge is 0.442 e. The van der Waals surface area contributed by atoms with E-state index < -0.39 is 6.10 Å². The van der Waals surface area contributed by atoms with Crippen LogP contribution in [0.15, 0.2) is 23.7 Å². The van der Waals surface area contributed by atoms with Crippen LogP contribution in [0.4, 0.5) is 4.79 Å². The minimum Gasteiger partial charge on any atom is -0.442 e. The number of rotatable bonds is 7. The van der Waals surface area contributed by atoms with Gasteiger partial charge in [0.1, 0.15) is 6.10 Å². The van der Waals surface area contributed by atoms with Gasteiger partial charge >= 0.3 is 13.2 Å². The molecule has 3 saturated heterocycles. The number of amides is 2. The molecule has 1 unspecified atom stereocenters. The molecule has 1 N–H and O–H groups in total. The topological polar surface area (TPSA) is 86.3 Å². The summed E-state index contributed by atoms with van der Waals surface area (Å²) in [6.07, 6.45) is 9.17. The van der Waals surface area contributed by atoms with Crippen molar-refractivity contribution in [3.05, 3.63) is 23.7 Å². The summed E-state index contributed by atoms with van der Waals surface area (Å²) in [5.41, 5.74) is 0.336. The van der Waals surface area contributed by atoms with Gasteiger partial charge < -0.3 is 29.0 Å². The number of likely N-dealkylation sites (tertiary alicyclic amines) is 1. The van der Waals surface area contributed by atoms with Gasteiger partial charge in [-0.3, -0.25) is 4.79 Å². The van der Waals surface area contributed by atoms with E-state index in [0.29, 0.717) is 0 Å². The third-order valence-electron chi connectivity index (χ3n) is 8.26. The summed E-state index contributed by atoms with van der Waals surface area (Å²) in [7, 11) is -0.346. The van der Waals surface area contributed by atoms with Gasteiger partial charge in [-0.2, -0.15) is 0 Å². The fourth-order valence-corrected chi connectivity index (χ4v) is 4.94. The predicted octanol–water partition coefficient (Wildman–Crippen LogP) is 4.82. The quantitative estimate of drug-likeness (QED) is 0.384.